The van der Waals surface area contributed by atoms with Gasteiger partial charge in [0.15, 0.2) is 5.96 Å². The van der Waals surface area contributed by atoms with E-state index in [1.807, 2.05) is 29.2 Å². The molecule has 1 heterocycles. The van der Waals surface area contributed by atoms with Crippen LogP contribution in [-0.2, 0) is 24.4 Å². The zero-order valence-electron chi connectivity index (χ0n) is 15.5. The van der Waals surface area contributed by atoms with Gasteiger partial charge in [-0.15, -0.1) is 0 Å². The molecule has 1 amide bonds. The summed E-state index contributed by atoms with van der Waals surface area (Å²) < 4.78 is 0. The Morgan fingerprint density at radius 1 is 1.07 bits per heavy atom. The van der Waals surface area contributed by atoms with E-state index in [0.29, 0.717) is 26.1 Å². The van der Waals surface area contributed by atoms with E-state index in [1.54, 1.807) is 7.05 Å². The normalized spacial score (nSPS) is 14.5. The number of benzene rings is 2. The molecule has 6 heteroatoms. The van der Waals surface area contributed by atoms with E-state index in [4.69, 9.17) is 11.6 Å². The van der Waals surface area contributed by atoms with Crippen molar-refractivity contribution < 1.29 is 4.79 Å². The highest BCUT2D eigenvalue weighted by molar-refractivity contribution is 6.31. The molecule has 1 aliphatic rings. The fraction of sp³-hybridized carbons (Fsp3) is 0.333. The predicted octanol–water partition coefficient (Wildman–Crippen LogP) is 3.33. The zero-order valence-corrected chi connectivity index (χ0v) is 16.3. The number of rotatable bonds is 6. The second kappa shape index (κ2) is 9.42. The summed E-state index contributed by atoms with van der Waals surface area (Å²) in [6.45, 7) is 2.86. The van der Waals surface area contributed by atoms with Crippen molar-refractivity contribution in [2.24, 2.45) is 4.99 Å². The van der Waals surface area contributed by atoms with Gasteiger partial charge in [0.1, 0.15) is 0 Å². The summed E-state index contributed by atoms with van der Waals surface area (Å²) in [4.78, 5) is 17.9. The summed E-state index contributed by atoms with van der Waals surface area (Å²) in [7, 11) is 1.75. The Morgan fingerprint density at radius 2 is 1.78 bits per heavy atom. The second-order valence-corrected chi connectivity index (χ2v) is 7.01. The Morgan fingerprint density at radius 3 is 2.44 bits per heavy atom. The van der Waals surface area contributed by atoms with Crippen LogP contribution in [-0.4, -0.2) is 30.4 Å². The van der Waals surface area contributed by atoms with Gasteiger partial charge in [0, 0.05) is 44.7 Å². The van der Waals surface area contributed by atoms with Gasteiger partial charge in [-0.1, -0.05) is 54.1 Å². The van der Waals surface area contributed by atoms with Gasteiger partial charge in [0.2, 0.25) is 5.91 Å². The van der Waals surface area contributed by atoms with Crippen LogP contribution in [0.3, 0.4) is 0 Å². The average Bonchev–Trinajstić information content (AvgIpc) is 3.09. The van der Waals surface area contributed by atoms with Crippen LogP contribution in [0.25, 0.3) is 0 Å². The smallest absolute Gasteiger partial charge is 0.222 e. The molecule has 142 valence electrons. The molecule has 0 radical (unpaired) electrons. The molecule has 2 N–H and O–H groups in total. The van der Waals surface area contributed by atoms with E-state index in [2.05, 4.69) is 39.9 Å². The number of likely N-dealkylation sites (tertiary alicyclic amines) is 1. The van der Waals surface area contributed by atoms with Crippen LogP contribution in [0, 0.1) is 0 Å². The number of amides is 1. The van der Waals surface area contributed by atoms with E-state index < -0.39 is 0 Å². The summed E-state index contributed by atoms with van der Waals surface area (Å²) in [5.74, 6) is 0.982. The number of hydrogen-bond acceptors (Lipinski definition) is 2. The molecule has 0 bridgehead atoms. The first-order valence-corrected chi connectivity index (χ1v) is 9.57. The minimum atomic E-state index is 0.258. The van der Waals surface area contributed by atoms with Gasteiger partial charge in [-0.25, -0.2) is 0 Å². The maximum Gasteiger partial charge on any atom is 0.222 e. The summed E-state index contributed by atoms with van der Waals surface area (Å²) >= 11 is 6.18. The molecule has 0 aromatic heterocycles. The van der Waals surface area contributed by atoms with Crippen LogP contribution >= 0.6 is 11.6 Å². The third kappa shape index (κ3) is 5.47. The SMILES string of the molecule is CN=C(NCc1ccc(CN2CCCC2=O)cc1)NCc1ccccc1Cl. The molecule has 2 aromatic carbocycles. The molecule has 3 rings (SSSR count). The molecular weight excluding hydrogens is 360 g/mol. The largest absolute Gasteiger partial charge is 0.352 e. The number of nitrogens with one attached hydrogen (secondary N) is 2. The van der Waals surface area contributed by atoms with Crippen LogP contribution in [0.15, 0.2) is 53.5 Å². The fourth-order valence-corrected chi connectivity index (χ4v) is 3.28. The average molecular weight is 385 g/mol. The van der Waals surface area contributed by atoms with E-state index in [-0.39, 0.29) is 5.91 Å². The van der Waals surface area contributed by atoms with Crippen molar-refractivity contribution in [2.45, 2.75) is 32.5 Å². The molecular formula is C21H25ClN4O. The van der Waals surface area contributed by atoms with Crippen molar-refractivity contribution in [3.05, 3.63) is 70.2 Å². The summed E-state index contributed by atoms with van der Waals surface area (Å²) in [5.41, 5.74) is 3.35. The number of halogens is 1. The van der Waals surface area contributed by atoms with E-state index in [1.165, 1.54) is 0 Å². The molecule has 5 nitrogen and oxygen atoms in total. The van der Waals surface area contributed by atoms with Crippen molar-refractivity contribution in [1.82, 2.24) is 15.5 Å². The van der Waals surface area contributed by atoms with E-state index in [9.17, 15) is 4.79 Å². The van der Waals surface area contributed by atoms with E-state index in [0.717, 1.165) is 40.6 Å². The van der Waals surface area contributed by atoms with Gasteiger partial charge in [-0.2, -0.15) is 0 Å². The minimum Gasteiger partial charge on any atom is -0.352 e. The van der Waals surface area contributed by atoms with Crippen molar-refractivity contribution in [3.8, 4) is 0 Å². The molecule has 0 unspecified atom stereocenters. The first kappa shape index (κ1) is 19.2. The van der Waals surface area contributed by atoms with Gasteiger partial charge in [0.05, 0.1) is 0 Å². The Bertz CT molecular complexity index is 804. The maximum atomic E-state index is 11.7. The Kier molecular flexibility index (Phi) is 6.71. The van der Waals surface area contributed by atoms with Gasteiger partial charge in [-0.3, -0.25) is 9.79 Å². The molecule has 1 fully saturated rings. The topological polar surface area (TPSA) is 56.7 Å². The number of aliphatic imine (C=N–C) groups is 1. The van der Waals surface area contributed by atoms with Gasteiger partial charge < -0.3 is 15.5 Å². The minimum absolute atomic E-state index is 0.258. The van der Waals surface area contributed by atoms with Crippen LogP contribution in [0.1, 0.15) is 29.5 Å². The quantitative estimate of drug-likeness (QED) is 0.593. The Hall–Kier alpha value is -2.53. The van der Waals surface area contributed by atoms with Crippen LogP contribution in [0.5, 0.6) is 0 Å². The summed E-state index contributed by atoms with van der Waals surface area (Å²) in [5, 5.41) is 7.32. The summed E-state index contributed by atoms with van der Waals surface area (Å²) in [6, 6.07) is 16.1. The highest BCUT2D eigenvalue weighted by atomic mass is 35.5. The zero-order chi connectivity index (χ0) is 19.1. The molecule has 0 spiro atoms. The molecule has 1 aliphatic heterocycles. The van der Waals surface area contributed by atoms with Crippen molar-refractivity contribution in [3.63, 3.8) is 0 Å². The monoisotopic (exact) mass is 384 g/mol. The lowest BCUT2D eigenvalue weighted by Gasteiger charge is -2.16. The first-order chi connectivity index (χ1) is 13.2. The highest BCUT2D eigenvalue weighted by Crippen LogP contribution is 2.15. The lowest BCUT2D eigenvalue weighted by Crippen LogP contribution is -2.36. The number of carbonyl (C=O) groups is 1. The molecule has 2 aromatic rings. The maximum absolute atomic E-state index is 11.7. The van der Waals surface area contributed by atoms with Crippen LogP contribution in [0.4, 0.5) is 0 Å². The molecule has 1 saturated heterocycles. The molecule has 0 atom stereocenters. The molecule has 0 saturated carbocycles. The predicted molar refractivity (Wildman–Crippen MR) is 110 cm³/mol. The lowest BCUT2D eigenvalue weighted by molar-refractivity contribution is -0.128. The van der Waals surface area contributed by atoms with E-state index >= 15 is 0 Å². The number of guanidine groups is 1. The highest BCUT2D eigenvalue weighted by Gasteiger charge is 2.19. The van der Waals surface area contributed by atoms with Crippen molar-refractivity contribution in [1.29, 1.82) is 0 Å². The lowest BCUT2D eigenvalue weighted by atomic mass is 10.1. The number of nitrogens with zero attached hydrogens (tertiary/aromatic N) is 2. The molecule has 27 heavy (non-hydrogen) atoms. The van der Waals surface area contributed by atoms with Crippen LogP contribution < -0.4 is 10.6 Å². The van der Waals surface area contributed by atoms with Gasteiger partial charge >= 0.3 is 0 Å². The summed E-state index contributed by atoms with van der Waals surface area (Å²) in [6.07, 6.45) is 1.66. The van der Waals surface area contributed by atoms with Gasteiger partial charge in [-0.05, 0) is 29.2 Å². The molecule has 0 aliphatic carbocycles. The van der Waals surface area contributed by atoms with Crippen molar-refractivity contribution in [2.75, 3.05) is 13.6 Å². The third-order valence-corrected chi connectivity index (χ3v) is 5.02. The van der Waals surface area contributed by atoms with Crippen molar-refractivity contribution >= 4 is 23.5 Å². The van der Waals surface area contributed by atoms with Crippen LogP contribution in [0.2, 0.25) is 5.02 Å². The second-order valence-electron chi connectivity index (χ2n) is 6.61. The number of hydrogen-bond donors (Lipinski definition) is 2. The third-order valence-electron chi connectivity index (χ3n) is 4.66. The number of carbonyl (C=O) groups excluding carboxylic acids is 1. The first-order valence-electron chi connectivity index (χ1n) is 9.19. The van der Waals surface area contributed by atoms with Gasteiger partial charge in [0.25, 0.3) is 0 Å². The Balaban J connectivity index is 1.48. The standard InChI is InChI=1S/C21H25ClN4O/c1-23-21(25-14-18-5-2-3-6-19(18)22)24-13-16-8-10-17(11-9-16)15-26-12-4-7-20(26)27/h2-3,5-6,8-11H,4,7,12-15H2,1H3,(H2,23,24,25). The fourth-order valence-electron chi connectivity index (χ4n) is 3.08. The Labute approximate surface area is 165 Å².